The quantitative estimate of drug-likeness (QED) is 0.780. The van der Waals surface area contributed by atoms with Gasteiger partial charge in [-0.1, -0.05) is 0 Å². The van der Waals surface area contributed by atoms with E-state index in [1.165, 1.54) is 25.1 Å². The summed E-state index contributed by atoms with van der Waals surface area (Å²) >= 11 is 0. The Kier molecular flexibility index (Phi) is 2.99. The van der Waals surface area contributed by atoms with Crippen molar-refractivity contribution in [2.24, 2.45) is 0 Å². The summed E-state index contributed by atoms with van der Waals surface area (Å²) in [5.74, 6) is 0. The molecule has 76 valence electrons. The molecule has 0 aromatic carbocycles. The smallest absolute Gasteiger partial charge is 0.0395 e. The highest BCUT2D eigenvalue weighted by Crippen LogP contribution is 2.13. The number of nitrogens with zero attached hydrogens (tertiary/aromatic N) is 2. The maximum absolute atomic E-state index is 4.02. The van der Waals surface area contributed by atoms with Crippen molar-refractivity contribution >= 4 is 5.69 Å². The number of hydrogen-bond donors (Lipinski definition) is 1. The van der Waals surface area contributed by atoms with Crippen molar-refractivity contribution in [3.63, 3.8) is 0 Å². The molecule has 3 heteroatoms. The van der Waals surface area contributed by atoms with Gasteiger partial charge in [0, 0.05) is 37.7 Å². The predicted molar refractivity (Wildman–Crippen MR) is 58.5 cm³/mol. The Morgan fingerprint density at radius 3 is 2.93 bits per heavy atom. The van der Waals surface area contributed by atoms with E-state index >= 15 is 0 Å². The van der Waals surface area contributed by atoms with E-state index in [4.69, 9.17) is 0 Å². The fourth-order valence-electron chi connectivity index (χ4n) is 1.95. The predicted octanol–water partition coefficient (Wildman–Crippen LogP) is 1.27. The van der Waals surface area contributed by atoms with Crippen LogP contribution in [0.5, 0.6) is 0 Å². The minimum Gasteiger partial charge on any atom is -0.373 e. The van der Waals surface area contributed by atoms with Crippen molar-refractivity contribution in [1.29, 1.82) is 0 Å². The van der Waals surface area contributed by atoms with Crippen LogP contribution in [0.15, 0.2) is 24.5 Å². The Hall–Kier alpha value is -1.09. The Morgan fingerprint density at radius 2 is 2.29 bits per heavy atom. The SMILES string of the molecule is CN(CC1CCCN1)c1ccncc1. The summed E-state index contributed by atoms with van der Waals surface area (Å²) in [4.78, 5) is 6.30. The molecule has 2 heterocycles. The van der Waals surface area contributed by atoms with Crippen molar-refractivity contribution in [1.82, 2.24) is 10.3 Å². The standard InChI is InChI=1S/C11H17N3/c1-14(9-10-3-2-6-13-10)11-4-7-12-8-5-11/h4-5,7-8,10,13H,2-3,6,9H2,1H3. The lowest BCUT2D eigenvalue weighted by Gasteiger charge is -2.22. The van der Waals surface area contributed by atoms with Crippen LogP contribution < -0.4 is 10.2 Å². The molecule has 0 saturated carbocycles. The van der Waals surface area contributed by atoms with Gasteiger partial charge in [0.05, 0.1) is 0 Å². The zero-order chi connectivity index (χ0) is 9.80. The van der Waals surface area contributed by atoms with Gasteiger partial charge < -0.3 is 10.2 Å². The Morgan fingerprint density at radius 1 is 1.50 bits per heavy atom. The third kappa shape index (κ3) is 2.23. The molecule has 2 rings (SSSR count). The Bertz CT molecular complexity index is 267. The normalized spacial score (nSPS) is 21.1. The van der Waals surface area contributed by atoms with Gasteiger partial charge >= 0.3 is 0 Å². The monoisotopic (exact) mass is 191 g/mol. The van der Waals surface area contributed by atoms with Gasteiger partial charge in [0.2, 0.25) is 0 Å². The molecular weight excluding hydrogens is 174 g/mol. The lowest BCUT2D eigenvalue weighted by atomic mass is 10.2. The molecule has 1 aliphatic heterocycles. The molecule has 1 unspecified atom stereocenters. The minimum atomic E-state index is 0.660. The molecule has 0 amide bonds. The van der Waals surface area contributed by atoms with Crippen LogP contribution >= 0.6 is 0 Å². The highest BCUT2D eigenvalue weighted by Gasteiger charge is 2.15. The number of anilines is 1. The number of hydrogen-bond acceptors (Lipinski definition) is 3. The average Bonchev–Trinajstić information content (AvgIpc) is 2.72. The van der Waals surface area contributed by atoms with Gasteiger partial charge in [0.25, 0.3) is 0 Å². The molecule has 3 nitrogen and oxygen atoms in total. The maximum Gasteiger partial charge on any atom is 0.0395 e. The first-order valence-electron chi connectivity index (χ1n) is 5.21. The fraction of sp³-hybridized carbons (Fsp3) is 0.545. The van der Waals surface area contributed by atoms with Crippen molar-refractivity contribution in [2.75, 3.05) is 25.0 Å². The van der Waals surface area contributed by atoms with E-state index in [9.17, 15) is 0 Å². The van der Waals surface area contributed by atoms with E-state index in [-0.39, 0.29) is 0 Å². The van der Waals surface area contributed by atoms with E-state index in [0.717, 1.165) is 6.54 Å². The van der Waals surface area contributed by atoms with Crippen LogP contribution in [-0.4, -0.2) is 31.2 Å². The lowest BCUT2D eigenvalue weighted by molar-refractivity contribution is 0.600. The molecule has 1 N–H and O–H groups in total. The summed E-state index contributed by atoms with van der Waals surface area (Å²) in [6.45, 7) is 2.26. The molecule has 0 aliphatic carbocycles. The molecule has 1 saturated heterocycles. The molecule has 0 radical (unpaired) electrons. The molecule has 1 aromatic heterocycles. The van der Waals surface area contributed by atoms with Crippen LogP contribution in [0.1, 0.15) is 12.8 Å². The highest BCUT2D eigenvalue weighted by atomic mass is 15.1. The third-order valence-electron chi connectivity index (χ3n) is 2.76. The van der Waals surface area contributed by atoms with Crippen molar-refractivity contribution in [3.8, 4) is 0 Å². The van der Waals surface area contributed by atoms with Gasteiger partial charge in [-0.25, -0.2) is 0 Å². The molecule has 0 spiro atoms. The summed E-state index contributed by atoms with van der Waals surface area (Å²) in [5.41, 5.74) is 1.24. The van der Waals surface area contributed by atoms with Gasteiger partial charge in [0.15, 0.2) is 0 Å². The first-order valence-corrected chi connectivity index (χ1v) is 5.21. The van der Waals surface area contributed by atoms with Crippen LogP contribution in [0.2, 0.25) is 0 Å². The van der Waals surface area contributed by atoms with Gasteiger partial charge in [-0.2, -0.15) is 0 Å². The summed E-state index contributed by atoms with van der Waals surface area (Å²) in [5, 5.41) is 3.50. The first-order chi connectivity index (χ1) is 6.86. The van der Waals surface area contributed by atoms with Crippen LogP contribution in [0.3, 0.4) is 0 Å². The zero-order valence-electron chi connectivity index (χ0n) is 8.61. The molecule has 1 aliphatic rings. The first kappa shape index (κ1) is 9.46. The summed E-state index contributed by atoms with van der Waals surface area (Å²) in [6.07, 6.45) is 6.30. The van der Waals surface area contributed by atoms with E-state index in [2.05, 4.69) is 34.4 Å². The highest BCUT2D eigenvalue weighted by molar-refractivity contribution is 5.43. The molecule has 0 bridgehead atoms. The maximum atomic E-state index is 4.02. The molecular formula is C11H17N3. The van der Waals surface area contributed by atoms with Crippen LogP contribution in [0, 0.1) is 0 Å². The Balaban J connectivity index is 1.92. The van der Waals surface area contributed by atoms with Gasteiger partial charge in [-0.15, -0.1) is 0 Å². The number of likely N-dealkylation sites (N-methyl/N-ethyl adjacent to an activating group) is 1. The van der Waals surface area contributed by atoms with Gasteiger partial charge in [0.1, 0.15) is 0 Å². The second-order valence-corrected chi connectivity index (χ2v) is 3.88. The van der Waals surface area contributed by atoms with Crippen LogP contribution in [0.25, 0.3) is 0 Å². The van der Waals surface area contributed by atoms with E-state index in [1.807, 2.05) is 12.4 Å². The summed E-state index contributed by atoms with van der Waals surface area (Å²) < 4.78 is 0. The molecule has 1 fully saturated rings. The van der Waals surface area contributed by atoms with Gasteiger partial charge in [-0.05, 0) is 31.5 Å². The molecule has 1 aromatic rings. The van der Waals surface area contributed by atoms with Gasteiger partial charge in [-0.3, -0.25) is 4.98 Å². The second kappa shape index (κ2) is 4.42. The third-order valence-corrected chi connectivity index (χ3v) is 2.76. The largest absolute Gasteiger partial charge is 0.373 e. The van der Waals surface area contributed by atoms with Crippen LogP contribution in [0.4, 0.5) is 5.69 Å². The minimum absolute atomic E-state index is 0.660. The van der Waals surface area contributed by atoms with E-state index in [0.29, 0.717) is 6.04 Å². The topological polar surface area (TPSA) is 28.2 Å². The van der Waals surface area contributed by atoms with E-state index in [1.54, 1.807) is 0 Å². The zero-order valence-corrected chi connectivity index (χ0v) is 8.61. The summed E-state index contributed by atoms with van der Waals surface area (Å²) in [6, 6.07) is 4.76. The average molecular weight is 191 g/mol. The lowest BCUT2D eigenvalue weighted by Crippen LogP contribution is -2.35. The van der Waals surface area contributed by atoms with Crippen LogP contribution in [-0.2, 0) is 0 Å². The van der Waals surface area contributed by atoms with Crippen molar-refractivity contribution < 1.29 is 0 Å². The molecule has 14 heavy (non-hydrogen) atoms. The molecule has 1 atom stereocenters. The van der Waals surface area contributed by atoms with E-state index < -0.39 is 0 Å². The number of nitrogens with one attached hydrogen (secondary N) is 1. The van der Waals surface area contributed by atoms with Crippen molar-refractivity contribution in [2.45, 2.75) is 18.9 Å². The second-order valence-electron chi connectivity index (χ2n) is 3.88. The summed E-state index contributed by atoms with van der Waals surface area (Å²) in [7, 11) is 2.13. The number of rotatable bonds is 3. The Labute approximate surface area is 85.1 Å². The number of pyridine rings is 1. The number of aromatic nitrogens is 1. The fourth-order valence-corrected chi connectivity index (χ4v) is 1.95. The van der Waals surface area contributed by atoms with Crippen molar-refractivity contribution in [3.05, 3.63) is 24.5 Å².